The van der Waals surface area contributed by atoms with Gasteiger partial charge in [-0.15, -0.1) is 0 Å². The molecule has 0 atom stereocenters. The van der Waals surface area contributed by atoms with Crippen molar-refractivity contribution in [3.63, 3.8) is 0 Å². The minimum absolute atomic E-state index is 0. The Morgan fingerprint density at radius 3 is 0.714 bits per heavy atom. The van der Waals surface area contributed by atoms with E-state index >= 15 is 0 Å². The Balaban J connectivity index is -0.000000000500. The van der Waals surface area contributed by atoms with Gasteiger partial charge in [-0.05, 0) is 0 Å². The predicted molar refractivity (Wildman–Crippen MR) is 8.43 cm³/mol. The van der Waals surface area contributed by atoms with E-state index in [4.69, 9.17) is 3.57 Å². The van der Waals surface area contributed by atoms with Gasteiger partial charge in [0.25, 0.3) is 0 Å². The van der Waals surface area contributed by atoms with Gasteiger partial charge in [0.2, 0.25) is 0 Å². The summed E-state index contributed by atoms with van der Waals surface area (Å²) < 4.78 is 8.14. The van der Waals surface area contributed by atoms with E-state index in [-0.39, 0.29) is 41.4 Å². The number of hydrogen-bond donors (Lipinski definition) is 0. The van der Waals surface area contributed by atoms with E-state index in [1.165, 1.54) is 18.3 Å². The normalized spacial score (nSPS) is 0.714. The van der Waals surface area contributed by atoms with Gasteiger partial charge in [0.1, 0.15) is 0 Å². The number of rotatable bonds is 0. The fourth-order valence-electron chi connectivity index (χ4n) is 0. The summed E-state index contributed by atoms with van der Waals surface area (Å²) in [6, 6.07) is 0. The van der Waals surface area contributed by atoms with Crippen LogP contribution in [0, 0.1) is 0 Å². The SMILES string of the molecule is [OH-].[OH-].[OH-].[OH-].[O]=[Rh+].[Rh+3]. The third-order valence-electron chi connectivity index (χ3n) is 0. The molecular formula is H4O5Rh2. The topological polar surface area (TPSA) is 137 Å². The molecule has 0 unspecified atom stereocenters. The van der Waals surface area contributed by atoms with Crippen molar-refractivity contribution in [3.05, 3.63) is 0 Å². The van der Waals surface area contributed by atoms with E-state index < -0.39 is 0 Å². The van der Waals surface area contributed by atoms with Gasteiger partial charge in [-0.2, -0.15) is 0 Å². The summed E-state index contributed by atoms with van der Waals surface area (Å²) in [6.07, 6.45) is 0. The molecule has 0 rings (SSSR count). The molecular weight excluding hydrogens is 286 g/mol. The smallest absolute Gasteiger partial charge is 3.00 e. The van der Waals surface area contributed by atoms with Crippen molar-refractivity contribution in [1.29, 1.82) is 0 Å². The van der Waals surface area contributed by atoms with Crippen molar-refractivity contribution in [1.82, 2.24) is 0 Å². The van der Waals surface area contributed by atoms with Crippen LogP contribution in [0.2, 0.25) is 0 Å². The Bertz CT molecular complexity index is 6.04. The molecule has 0 saturated carbocycles. The Labute approximate surface area is 63.4 Å². The predicted octanol–water partition coefficient (Wildman–Crippen LogP) is -0.831. The maximum atomic E-state index is 8.14. The molecule has 0 saturated heterocycles. The van der Waals surface area contributed by atoms with Crippen molar-refractivity contribution < 1.29 is 63.2 Å². The molecule has 0 spiro atoms. The third kappa shape index (κ3) is 209. The summed E-state index contributed by atoms with van der Waals surface area (Å²) in [5.41, 5.74) is 0. The second-order valence-electron chi connectivity index (χ2n) is 0. The molecule has 0 amide bonds. The van der Waals surface area contributed by atoms with Crippen LogP contribution < -0.4 is 0 Å². The standard InChI is InChI=1S/4H2O.O.2Rh/h4*1H2;;;/q;;;;;+1;+3/p-4. The second-order valence-corrected chi connectivity index (χ2v) is 0. The molecule has 4 N–H and O–H groups in total. The van der Waals surface area contributed by atoms with Gasteiger partial charge < -0.3 is 21.9 Å². The second kappa shape index (κ2) is 304. The van der Waals surface area contributed by atoms with Crippen LogP contribution in [0.5, 0.6) is 0 Å². The molecule has 0 fully saturated rings. The van der Waals surface area contributed by atoms with Crippen LogP contribution in [0.15, 0.2) is 0 Å². The molecule has 0 aliphatic rings. The van der Waals surface area contributed by atoms with Gasteiger partial charge in [-0.1, -0.05) is 0 Å². The molecule has 7 heavy (non-hydrogen) atoms. The van der Waals surface area contributed by atoms with E-state index in [1.54, 1.807) is 0 Å². The Morgan fingerprint density at radius 1 is 0.714 bits per heavy atom. The van der Waals surface area contributed by atoms with Gasteiger partial charge >= 0.3 is 41.3 Å². The average Bonchev–Trinajstić information content (AvgIpc) is 1.00. The summed E-state index contributed by atoms with van der Waals surface area (Å²) >= 11 is 1.30. The molecule has 7 heteroatoms. The van der Waals surface area contributed by atoms with Crippen LogP contribution in [-0.4, -0.2) is 21.9 Å². The summed E-state index contributed by atoms with van der Waals surface area (Å²) in [6.45, 7) is 0. The molecule has 0 radical (unpaired) electrons. The van der Waals surface area contributed by atoms with Crippen molar-refractivity contribution in [3.8, 4) is 0 Å². The summed E-state index contributed by atoms with van der Waals surface area (Å²) in [5.74, 6) is 0. The zero-order valence-electron chi connectivity index (χ0n) is 2.86. The van der Waals surface area contributed by atoms with Gasteiger partial charge in [-0.25, -0.2) is 0 Å². The molecule has 0 aromatic heterocycles. The van der Waals surface area contributed by atoms with Crippen molar-refractivity contribution in [2.75, 3.05) is 0 Å². The van der Waals surface area contributed by atoms with Crippen molar-refractivity contribution in [2.24, 2.45) is 0 Å². The first-order valence-corrected chi connectivity index (χ1v) is 0.805. The average molecular weight is 290 g/mol. The maximum Gasteiger partial charge on any atom is 3.00 e. The molecule has 52 valence electrons. The van der Waals surface area contributed by atoms with Crippen LogP contribution in [0.1, 0.15) is 0 Å². The fraction of sp³-hybridized carbons (Fsp3) is 0. The van der Waals surface area contributed by atoms with Gasteiger partial charge in [-0.3, -0.25) is 0 Å². The zero-order valence-corrected chi connectivity index (χ0v) is 6.14. The largest absolute Gasteiger partial charge is 3.00 e. The van der Waals surface area contributed by atoms with Crippen molar-refractivity contribution in [2.45, 2.75) is 0 Å². The molecule has 5 nitrogen and oxygen atoms in total. The summed E-state index contributed by atoms with van der Waals surface area (Å²) in [4.78, 5) is 0. The first-order valence-electron chi connectivity index (χ1n) is 0.136. The Hall–Kier alpha value is 0.887. The Morgan fingerprint density at radius 2 is 0.714 bits per heavy atom. The van der Waals surface area contributed by atoms with Gasteiger partial charge in [0, 0.05) is 0 Å². The van der Waals surface area contributed by atoms with Crippen LogP contribution in [-0.2, 0) is 41.3 Å². The van der Waals surface area contributed by atoms with E-state index in [9.17, 15) is 0 Å². The van der Waals surface area contributed by atoms with Gasteiger partial charge in [0.15, 0.2) is 0 Å². The van der Waals surface area contributed by atoms with E-state index in [0.29, 0.717) is 0 Å². The molecule has 0 aromatic carbocycles. The quantitative estimate of drug-likeness (QED) is 0.536. The zero-order chi connectivity index (χ0) is 2.00. The van der Waals surface area contributed by atoms with E-state index in [1.807, 2.05) is 0 Å². The number of hydrogen-bond acceptors (Lipinski definition) is 5. The van der Waals surface area contributed by atoms with Gasteiger partial charge in [0.05, 0.1) is 0 Å². The first-order chi connectivity index (χ1) is 1.00. The van der Waals surface area contributed by atoms with Crippen LogP contribution in [0.25, 0.3) is 0 Å². The van der Waals surface area contributed by atoms with E-state index in [2.05, 4.69) is 0 Å². The molecule has 0 aliphatic carbocycles. The molecule has 0 aliphatic heterocycles. The monoisotopic (exact) mass is 290 g/mol. The first kappa shape index (κ1) is 105. The maximum absolute atomic E-state index is 8.14. The van der Waals surface area contributed by atoms with Crippen LogP contribution in [0.4, 0.5) is 0 Å². The Kier molecular flexibility index (Phi) is 4560. The van der Waals surface area contributed by atoms with E-state index in [0.717, 1.165) is 0 Å². The summed E-state index contributed by atoms with van der Waals surface area (Å²) in [7, 11) is 0. The van der Waals surface area contributed by atoms with Crippen LogP contribution >= 0.6 is 0 Å². The minimum Gasteiger partial charge on any atom is 3.00 e. The molecule has 0 heterocycles. The van der Waals surface area contributed by atoms with Crippen LogP contribution in [0.3, 0.4) is 0 Å². The molecule has 0 bridgehead atoms. The fourth-order valence-corrected chi connectivity index (χ4v) is 0. The minimum atomic E-state index is 0. The summed E-state index contributed by atoms with van der Waals surface area (Å²) in [5, 5.41) is 0. The van der Waals surface area contributed by atoms with Crippen molar-refractivity contribution >= 4 is 0 Å². The third-order valence-corrected chi connectivity index (χ3v) is 0. The molecule has 0 aromatic rings.